The molecule has 6 aliphatic rings. The third-order valence-corrected chi connectivity index (χ3v) is 15.3. The van der Waals surface area contributed by atoms with Gasteiger partial charge in [-0.3, -0.25) is 4.79 Å². The van der Waals surface area contributed by atoms with Gasteiger partial charge in [-0.25, -0.2) is 0 Å². The molecule has 6 N–H and O–H groups in total. The maximum atomic E-state index is 13.0. The summed E-state index contributed by atoms with van der Waals surface area (Å²) in [4.78, 5) is 13.0. The van der Waals surface area contributed by atoms with E-state index in [2.05, 4.69) is 40.7 Å². The number of rotatable bonds is 4. The second-order valence-corrected chi connectivity index (χ2v) is 16.9. The van der Waals surface area contributed by atoms with Crippen molar-refractivity contribution in [2.45, 2.75) is 136 Å². The van der Waals surface area contributed by atoms with Gasteiger partial charge in [-0.15, -0.1) is 0 Å². The molecule has 0 aromatic rings. The van der Waals surface area contributed by atoms with Crippen LogP contribution >= 0.6 is 0 Å². The van der Waals surface area contributed by atoms with Gasteiger partial charge >= 0.3 is 5.97 Å². The van der Waals surface area contributed by atoms with Gasteiger partial charge in [0, 0.05) is 11.3 Å². The van der Waals surface area contributed by atoms with Gasteiger partial charge < -0.3 is 40.1 Å². The number of carbonyl (C=O) groups is 1. The van der Waals surface area contributed by atoms with Crippen LogP contribution in [-0.4, -0.2) is 86.1 Å². The van der Waals surface area contributed by atoms with Crippen LogP contribution in [-0.2, 0) is 14.3 Å². The number of ether oxygens (including phenoxy) is 2. The van der Waals surface area contributed by atoms with Crippen LogP contribution in [0.25, 0.3) is 0 Å². The van der Waals surface area contributed by atoms with Crippen LogP contribution in [0.5, 0.6) is 0 Å². The van der Waals surface area contributed by atoms with Gasteiger partial charge in [0.25, 0.3) is 0 Å². The van der Waals surface area contributed by atoms with Crippen LogP contribution in [0.15, 0.2) is 11.6 Å². The van der Waals surface area contributed by atoms with Crippen molar-refractivity contribution in [2.24, 2.45) is 50.7 Å². The molecule has 0 aromatic carbocycles. The number of allylic oxidation sites excluding steroid dienone is 1. The van der Waals surface area contributed by atoms with Crippen molar-refractivity contribution in [3.63, 3.8) is 0 Å². The number of hydrogen-bond acceptors (Lipinski definition) is 8. The Hall–Kier alpha value is -1.07. The smallest absolute Gasteiger partial charge is 0.310 e. The fraction of sp³-hybridized carbons (Fsp3) is 0.914. The number of carboxylic acid groups (broad SMARTS) is 1. The fourth-order valence-electron chi connectivity index (χ4n) is 12.1. The average molecular weight is 621 g/mol. The predicted molar refractivity (Wildman–Crippen MR) is 162 cm³/mol. The van der Waals surface area contributed by atoms with Gasteiger partial charge in [-0.05, 0) is 98.7 Å². The molecule has 9 heteroatoms. The van der Waals surface area contributed by atoms with Crippen LogP contribution in [0.3, 0.4) is 0 Å². The first-order valence-electron chi connectivity index (χ1n) is 17.0. The topological polar surface area (TPSA) is 157 Å². The second kappa shape index (κ2) is 10.5. The molecule has 0 bridgehead atoms. The highest BCUT2D eigenvalue weighted by atomic mass is 16.7. The Morgan fingerprint density at radius 1 is 0.955 bits per heavy atom. The molecule has 0 amide bonds. The standard InChI is InChI=1S/C35H56O9/c1-19-9-14-35(29(40)41)16-15-32(4)20(27(35)34(19,6)42)7-8-23-30(2)12-11-24(44-28-26(39)25(38)21(37)17-43-28)31(3,18-36)22(30)10-13-33(23,32)5/h7,19,21-28,36-39,42H,8-18H2,1-6H3,(H,40,41)/t19-,21-,22?,23?,24+,25+,26-,27-,28+,30+,31+,32-,33-,34-,35+/m1/s1. The minimum Gasteiger partial charge on any atom is -0.481 e. The molecule has 5 aliphatic carbocycles. The Labute approximate surface area is 262 Å². The number of aliphatic carboxylic acids is 1. The molecular weight excluding hydrogens is 564 g/mol. The van der Waals surface area contributed by atoms with E-state index in [1.54, 1.807) is 0 Å². The zero-order valence-corrected chi connectivity index (χ0v) is 27.5. The van der Waals surface area contributed by atoms with E-state index in [4.69, 9.17) is 9.47 Å². The Balaban J connectivity index is 1.34. The number of hydrogen-bond donors (Lipinski definition) is 6. The van der Waals surface area contributed by atoms with E-state index in [1.807, 2.05) is 6.92 Å². The number of fused-ring (bicyclic) bond motifs is 7. The van der Waals surface area contributed by atoms with Crippen molar-refractivity contribution in [1.29, 1.82) is 0 Å². The van der Waals surface area contributed by atoms with Crippen molar-refractivity contribution in [3.8, 4) is 0 Å². The summed E-state index contributed by atoms with van der Waals surface area (Å²) in [7, 11) is 0. The lowest BCUT2D eigenvalue weighted by Gasteiger charge is -2.72. The molecule has 0 aromatic heterocycles. The van der Waals surface area contributed by atoms with Crippen molar-refractivity contribution >= 4 is 5.97 Å². The van der Waals surface area contributed by atoms with E-state index in [0.29, 0.717) is 31.6 Å². The summed E-state index contributed by atoms with van der Waals surface area (Å²) in [5.74, 6) is -0.747. The third kappa shape index (κ3) is 4.12. The summed E-state index contributed by atoms with van der Waals surface area (Å²) in [6, 6.07) is 0. The summed E-state index contributed by atoms with van der Waals surface area (Å²) in [5, 5.41) is 64.4. The molecule has 6 rings (SSSR count). The SMILES string of the molecule is C[C@@H]1CC[C@]2(C(=O)O)CC[C@]3(C)C(=CCC4[C@@]5(C)CC[C@H](O[C@@H]6OC[C@@H](O)[C@H](O)[C@H]6O)[C@@](C)(CO)C5CC[C@]43C)[C@@H]2[C@]1(C)O. The van der Waals surface area contributed by atoms with E-state index < -0.39 is 59.0 Å². The molecule has 0 radical (unpaired) electrons. The highest BCUT2D eigenvalue weighted by molar-refractivity contribution is 5.77. The first kappa shape index (κ1) is 32.9. The first-order chi connectivity index (χ1) is 20.4. The Bertz CT molecular complexity index is 1190. The average Bonchev–Trinajstić information content (AvgIpc) is 2.96. The summed E-state index contributed by atoms with van der Waals surface area (Å²) < 4.78 is 12.0. The Morgan fingerprint density at radius 2 is 1.66 bits per heavy atom. The fourth-order valence-corrected chi connectivity index (χ4v) is 12.1. The van der Waals surface area contributed by atoms with Gasteiger partial charge in [0.1, 0.15) is 18.3 Å². The van der Waals surface area contributed by atoms with Gasteiger partial charge in [-0.2, -0.15) is 0 Å². The lowest BCUT2D eigenvalue weighted by molar-refractivity contribution is -0.312. The molecule has 5 fully saturated rings. The predicted octanol–water partition coefficient (Wildman–Crippen LogP) is 3.64. The van der Waals surface area contributed by atoms with E-state index in [1.165, 1.54) is 0 Å². The lowest BCUT2D eigenvalue weighted by Crippen LogP contribution is -2.68. The number of aliphatic hydroxyl groups is 5. The van der Waals surface area contributed by atoms with Gasteiger partial charge in [0.05, 0.1) is 30.3 Å². The molecule has 15 atom stereocenters. The summed E-state index contributed by atoms with van der Waals surface area (Å²) in [6.45, 7) is 12.9. The highest BCUT2D eigenvalue weighted by Gasteiger charge is 2.71. The Kier molecular flexibility index (Phi) is 7.81. The molecule has 2 unspecified atom stereocenters. The van der Waals surface area contributed by atoms with Gasteiger partial charge in [-0.1, -0.05) is 46.3 Å². The zero-order chi connectivity index (χ0) is 32.3. The van der Waals surface area contributed by atoms with Crippen LogP contribution in [0, 0.1) is 50.7 Å². The maximum Gasteiger partial charge on any atom is 0.310 e. The molecule has 250 valence electrons. The van der Waals surface area contributed by atoms with E-state index in [0.717, 1.165) is 37.7 Å². The highest BCUT2D eigenvalue weighted by Crippen LogP contribution is 2.76. The number of carboxylic acids is 1. The minimum atomic E-state index is -1.38. The van der Waals surface area contributed by atoms with Crippen molar-refractivity contribution < 1.29 is 44.9 Å². The minimum absolute atomic E-state index is 0.0126. The first-order valence-corrected chi connectivity index (χ1v) is 17.0. The molecule has 9 nitrogen and oxygen atoms in total. The lowest BCUT2D eigenvalue weighted by atomic mass is 9.33. The van der Waals surface area contributed by atoms with Crippen molar-refractivity contribution in [2.75, 3.05) is 13.2 Å². The largest absolute Gasteiger partial charge is 0.481 e. The number of aliphatic hydroxyl groups excluding tert-OH is 4. The molecule has 1 saturated heterocycles. The van der Waals surface area contributed by atoms with Crippen LogP contribution < -0.4 is 0 Å². The maximum absolute atomic E-state index is 13.0. The third-order valence-electron chi connectivity index (χ3n) is 15.3. The second-order valence-electron chi connectivity index (χ2n) is 16.9. The zero-order valence-electron chi connectivity index (χ0n) is 27.5. The monoisotopic (exact) mass is 620 g/mol. The summed E-state index contributed by atoms with van der Waals surface area (Å²) in [6.07, 6.45) is 3.74. The molecule has 44 heavy (non-hydrogen) atoms. The van der Waals surface area contributed by atoms with E-state index >= 15 is 0 Å². The summed E-state index contributed by atoms with van der Waals surface area (Å²) in [5.41, 5.74) is -1.99. The molecule has 0 spiro atoms. The summed E-state index contributed by atoms with van der Waals surface area (Å²) >= 11 is 0. The Morgan fingerprint density at radius 3 is 2.32 bits per heavy atom. The molecule has 1 aliphatic heterocycles. The van der Waals surface area contributed by atoms with E-state index in [9.17, 15) is 35.4 Å². The van der Waals surface area contributed by atoms with Crippen LogP contribution in [0.2, 0.25) is 0 Å². The van der Waals surface area contributed by atoms with E-state index in [-0.39, 0.29) is 41.3 Å². The van der Waals surface area contributed by atoms with Gasteiger partial charge in [0.2, 0.25) is 0 Å². The molecule has 1 heterocycles. The van der Waals surface area contributed by atoms with Crippen LogP contribution in [0.1, 0.15) is 99.3 Å². The van der Waals surface area contributed by atoms with Crippen molar-refractivity contribution in [3.05, 3.63) is 11.6 Å². The molecule has 4 saturated carbocycles. The van der Waals surface area contributed by atoms with Crippen LogP contribution in [0.4, 0.5) is 0 Å². The van der Waals surface area contributed by atoms with Gasteiger partial charge in [0.15, 0.2) is 6.29 Å². The van der Waals surface area contributed by atoms with Crippen molar-refractivity contribution in [1.82, 2.24) is 0 Å². The quantitative estimate of drug-likeness (QED) is 0.204. The molecular formula is C35H56O9. The normalized spacial score (nSPS) is 57.2.